The topological polar surface area (TPSA) is 114 Å². The van der Waals surface area contributed by atoms with Crippen LogP contribution in [-0.2, 0) is 10.0 Å². The number of nitrogens with zero attached hydrogens (tertiary/aromatic N) is 2. The van der Waals surface area contributed by atoms with Crippen LogP contribution >= 0.6 is 0 Å². The smallest absolute Gasteiger partial charge is 0.387 e. The molecule has 2 N–H and O–H groups in total. The van der Waals surface area contributed by atoms with Crippen LogP contribution in [-0.4, -0.2) is 35.8 Å². The fourth-order valence-corrected chi connectivity index (χ4v) is 4.14. The van der Waals surface area contributed by atoms with E-state index in [4.69, 9.17) is 0 Å². The number of ketones is 1. The Kier molecular flexibility index (Phi) is 5.72. The second-order valence-corrected chi connectivity index (χ2v) is 8.24. The number of hydrogen-bond acceptors (Lipinski definition) is 6. The van der Waals surface area contributed by atoms with Gasteiger partial charge in [0.2, 0.25) is 5.78 Å². The van der Waals surface area contributed by atoms with E-state index in [0.717, 1.165) is 36.4 Å². The van der Waals surface area contributed by atoms with Crippen LogP contribution in [0.5, 0.6) is 5.75 Å². The Bertz CT molecular complexity index is 1470. The molecule has 13 heteroatoms. The Balaban J connectivity index is 1.71. The highest BCUT2D eigenvalue weighted by atomic mass is 32.2. The van der Waals surface area contributed by atoms with Crippen molar-refractivity contribution in [2.75, 3.05) is 4.72 Å². The summed E-state index contributed by atoms with van der Waals surface area (Å²) in [6.45, 7) is -3.19. The van der Waals surface area contributed by atoms with Crippen molar-refractivity contribution in [3.8, 4) is 5.75 Å². The lowest BCUT2D eigenvalue weighted by molar-refractivity contribution is -0.0500. The number of halogens is 4. The first-order valence-electron chi connectivity index (χ1n) is 9.05. The number of aromatic amines is 1. The Labute approximate surface area is 183 Å². The number of fused-ring (bicyclic) bond motifs is 1. The minimum Gasteiger partial charge on any atom is -0.435 e. The minimum atomic E-state index is -4.51. The number of H-pyrrole nitrogens is 1. The van der Waals surface area contributed by atoms with E-state index in [-0.39, 0.29) is 16.6 Å². The lowest BCUT2D eigenvalue weighted by Gasteiger charge is -2.13. The van der Waals surface area contributed by atoms with Gasteiger partial charge in [0.1, 0.15) is 23.5 Å². The molecule has 2 aromatic heterocycles. The fourth-order valence-electron chi connectivity index (χ4n) is 3.04. The Morgan fingerprint density at radius 3 is 2.70 bits per heavy atom. The molecule has 4 rings (SSSR count). The van der Waals surface area contributed by atoms with Crippen LogP contribution in [0, 0.1) is 11.6 Å². The third kappa shape index (κ3) is 4.35. The largest absolute Gasteiger partial charge is 0.435 e. The van der Waals surface area contributed by atoms with Gasteiger partial charge in [0.25, 0.3) is 10.0 Å². The average molecular weight is 480 g/mol. The predicted molar refractivity (Wildman–Crippen MR) is 108 cm³/mol. The first-order chi connectivity index (χ1) is 15.7. The van der Waals surface area contributed by atoms with Crippen LogP contribution in [0.3, 0.4) is 0 Å². The molecule has 170 valence electrons. The Hall–Kier alpha value is -4.00. The van der Waals surface area contributed by atoms with Crippen molar-refractivity contribution in [3.05, 3.63) is 77.9 Å². The fraction of sp³-hybridized carbons (Fsp3) is 0.0500. The third-order valence-corrected chi connectivity index (χ3v) is 5.87. The van der Waals surface area contributed by atoms with E-state index in [1.807, 2.05) is 4.72 Å². The highest BCUT2D eigenvalue weighted by Gasteiger charge is 2.26. The lowest BCUT2D eigenvalue weighted by atomic mass is 10.0. The van der Waals surface area contributed by atoms with Gasteiger partial charge < -0.3 is 9.72 Å². The molecule has 0 atom stereocenters. The summed E-state index contributed by atoms with van der Waals surface area (Å²) in [5.41, 5.74) is -1.59. The number of rotatable bonds is 7. The van der Waals surface area contributed by atoms with E-state index in [0.29, 0.717) is 0 Å². The minimum absolute atomic E-state index is 0.125. The number of anilines is 1. The van der Waals surface area contributed by atoms with Crippen LogP contribution in [0.15, 0.2) is 60.0 Å². The number of sulfonamides is 1. The zero-order chi connectivity index (χ0) is 23.8. The number of aromatic nitrogens is 3. The van der Waals surface area contributed by atoms with Gasteiger partial charge in [-0.3, -0.25) is 9.52 Å². The maximum atomic E-state index is 15.1. The van der Waals surface area contributed by atoms with Crippen molar-refractivity contribution in [1.29, 1.82) is 0 Å². The van der Waals surface area contributed by atoms with Gasteiger partial charge in [-0.1, -0.05) is 6.07 Å². The van der Waals surface area contributed by atoms with E-state index in [1.54, 1.807) is 0 Å². The van der Waals surface area contributed by atoms with Crippen LogP contribution in [0.4, 0.5) is 23.2 Å². The first-order valence-corrected chi connectivity index (χ1v) is 10.5. The summed E-state index contributed by atoms with van der Waals surface area (Å²) in [5, 5.41) is 0.211. The maximum absolute atomic E-state index is 15.1. The summed E-state index contributed by atoms with van der Waals surface area (Å²) in [4.78, 5) is 22.7. The molecule has 8 nitrogen and oxygen atoms in total. The number of benzene rings is 2. The maximum Gasteiger partial charge on any atom is 0.387 e. The van der Waals surface area contributed by atoms with E-state index in [1.165, 1.54) is 18.7 Å². The number of carbonyl (C=O) groups is 1. The molecule has 0 amide bonds. The molecule has 4 aromatic rings. The highest BCUT2D eigenvalue weighted by molar-refractivity contribution is 7.92. The van der Waals surface area contributed by atoms with Crippen LogP contribution in [0.2, 0.25) is 0 Å². The summed E-state index contributed by atoms with van der Waals surface area (Å²) in [5.74, 6) is -4.20. The van der Waals surface area contributed by atoms with Gasteiger partial charge >= 0.3 is 6.61 Å². The van der Waals surface area contributed by atoms with Gasteiger partial charge in [0.15, 0.2) is 5.82 Å². The molecule has 0 spiro atoms. The van der Waals surface area contributed by atoms with Crippen LogP contribution in [0.1, 0.15) is 15.9 Å². The zero-order valence-electron chi connectivity index (χ0n) is 16.2. The van der Waals surface area contributed by atoms with Crippen LogP contribution < -0.4 is 9.46 Å². The van der Waals surface area contributed by atoms with E-state index in [2.05, 4.69) is 19.7 Å². The molecule has 0 aliphatic rings. The number of carbonyl (C=O) groups excluding carboxylic acids is 1. The van der Waals surface area contributed by atoms with Crippen molar-refractivity contribution >= 4 is 32.5 Å². The SMILES string of the molecule is O=C(c1c(F)ccc(NS(=O)(=O)c2cccc(OC(F)F)c2)c1F)c1c[nH]c2ncncc12. The average Bonchev–Trinajstić information content (AvgIpc) is 3.20. The van der Waals surface area contributed by atoms with Crippen molar-refractivity contribution in [1.82, 2.24) is 15.0 Å². The standard InChI is InChI=1S/C20H12F4N4O4S/c21-14-4-5-15(28-33(30,31)11-3-1-2-10(6-11)32-20(23)24)17(22)16(14)18(29)12-8-26-19-13(12)7-25-9-27-19/h1-9,20,28H,(H,25,26,27). The summed E-state index contributed by atoms with van der Waals surface area (Å²) >= 11 is 0. The molecule has 33 heavy (non-hydrogen) atoms. The van der Waals surface area contributed by atoms with Crippen molar-refractivity contribution < 1.29 is 35.5 Å². The quantitative estimate of drug-likeness (QED) is 0.307. The Morgan fingerprint density at radius 2 is 1.94 bits per heavy atom. The molecule has 0 saturated carbocycles. The van der Waals surface area contributed by atoms with Gasteiger partial charge in [0.05, 0.1) is 21.7 Å². The molecule has 0 bridgehead atoms. The second-order valence-electron chi connectivity index (χ2n) is 6.56. The van der Waals surface area contributed by atoms with E-state index >= 15 is 4.39 Å². The molecule has 0 aliphatic heterocycles. The highest BCUT2D eigenvalue weighted by Crippen LogP contribution is 2.28. The number of ether oxygens (including phenoxy) is 1. The third-order valence-electron chi connectivity index (χ3n) is 4.50. The molecular formula is C20H12F4N4O4S. The lowest BCUT2D eigenvalue weighted by Crippen LogP contribution is -2.16. The first kappa shape index (κ1) is 22.2. The summed E-state index contributed by atoms with van der Waals surface area (Å²) in [6.07, 6.45) is 3.69. The van der Waals surface area contributed by atoms with Crippen LogP contribution in [0.25, 0.3) is 11.0 Å². The molecule has 0 unspecified atom stereocenters. The summed E-state index contributed by atoms with van der Waals surface area (Å²) in [7, 11) is -4.51. The van der Waals surface area contributed by atoms with Gasteiger partial charge in [-0.25, -0.2) is 27.2 Å². The number of hydrogen-bond donors (Lipinski definition) is 2. The molecule has 0 radical (unpaired) electrons. The van der Waals surface area contributed by atoms with Crippen molar-refractivity contribution in [2.24, 2.45) is 0 Å². The van der Waals surface area contributed by atoms with Gasteiger partial charge in [0, 0.05) is 23.8 Å². The molecule has 0 fully saturated rings. The second kappa shape index (κ2) is 8.50. The van der Waals surface area contributed by atoms with Crippen molar-refractivity contribution in [3.63, 3.8) is 0 Å². The molecule has 0 aliphatic carbocycles. The number of nitrogens with one attached hydrogen (secondary N) is 2. The van der Waals surface area contributed by atoms with Crippen molar-refractivity contribution in [2.45, 2.75) is 11.5 Å². The summed E-state index contributed by atoms with van der Waals surface area (Å²) in [6, 6.07) is 5.60. The Morgan fingerprint density at radius 1 is 1.15 bits per heavy atom. The van der Waals surface area contributed by atoms with E-state index in [9.17, 15) is 26.4 Å². The van der Waals surface area contributed by atoms with Gasteiger partial charge in [-0.15, -0.1) is 0 Å². The van der Waals surface area contributed by atoms with E-state index < -0.39 is 55.9 Å². The molecule has 2 aromatic carbocycles. The normalized spacial score (nSPS) is 11.7. The molecular weight excluding hydrogens is 468 g/mol. The van der Waals surface area contributed by atoms with Gasteiger partial charge in [-0.05, 0) is 24.3 Å². The number of alkyl halides is 2. The summed E-state index contributed by atoms with van der Waals surface area (Å²) < 4.78 is 85.7. The molecule has 0 saturated heterocycles. The monoisotopic (exact) mass is 480 g/mol. The predicted octanol–water partition coefficient (Wildman–Crippen LogP) is 3.87. The van der Waals surface area contributed by atoms with Gasteiger partial charge in [-0.2, -0.15) is 8.78 Å². The zero-order valence-corrected chi connectivity index (χ0v) is 17.0. The molecule has 2 heterocycles.